The maximum atomic E-state index is 11.2. The summed E-state index contributed by atoms with van der Waals surface area (Å²) in [6.07, 6.45) is 1.49. The van der Waals surface area contributed by atoms with E-state index in [0.29, 0.717) is 0 Å². The number of aliphatic hydroxyl groups excluding tert-OH is 2. The molecule has 0 aromatic heterocycles. The largest absolute Gasteiger partial charge is 0.394 e. The van der Waals surface area contributed by atoms with Crippen LogP contribution in [0.2, 0.25) is 0 Å². The van der Waals surface area contributed by atoms with Crippen LogP contribution in [0.3, 0.4) is 0 Å². The number of carbonyl (C=O) groups excluding carboxylic acids is 1. The first kappa shape index (κ1) is 15.9. The summed E-state index contributed by atoms with van der Waals surface area (Å²) in [4.78, 5) is 11.2. The highest BCUT2D eigenvalue weighted by Gasteiger charge is 2.46. The van der Waals surface area contributed by atoms with Gasteiger partial charge in [-0.2, -0.15) is 0 Å². The van der Waals surface area contributed by atoms with Crippen LogP contribution in [0.5, 0.6) is 0 Å². The van der Waals surface area contributed by atoms with Gasteiger partial charge in [0.2, 0.25) is 5.91 Å². The Morgan fingerprint density at radius 1 is 1.58 bits per heavy atom. The summed E-state index contributed by atoms with van der Waals surface area (Å²) < 4.78 is 15.8. The molecule has 1 amide bonds. The van der Waals surface area contributed by atoms with Gasteiger partial charge in [-0.25, -0.2) is 0 Å². The normalized spacial score (nSPS) is 34.6. The van der Waals surface area contributed by atoms with E-state index in [1.807, 2.05) is 0 Å². The van der Waals surface area contributed by atoms with Crippen molar-refractivity contribution >= 4 is 5.91 Å². The van der Waals surface area contributed by atoms with Gasteiger partial charge in [0.05, 0.1) is 6.61 Å². The van der Waals surface area contributed by atoms with Crippen molar-refractivity contribution in [2.45, 2.75) is 37.6 Å². The molecular weight excluding hydrogens is 254 g/mol. The fourth-order valence-corrected chi connectivity index (χ4v) is 2.01. The van der Waals surface area contributed by atoms with Crippen LogP contribution in [0.1, 0.15) is 6.92 Å². The molecule has 0 aromatic carbocycles. The second-order valence-corrected chi connectivity index (χ2v) is 4.16. The summed E-state index contributed by atoms with van der Waals surface area (Å²) >= 11 is 0. The van der Waals surface area contributed by atoms with Crippen LogP contribution in [-0.2, 0) is 19.0 Å². The SMILES string of the molecule is C#CCO[C@@H]1O[C@@H](CO)[C@@H](O)[C@@H](OC)[C@@H]1NC(C)=O. The lowest BCUT2D eigenvalue weighted by atomic mass is 9.96. The molecular formula is C12H19NO6. The lowest BCUT2D eigenvalue weighted by Crippen LogP contribution is -2.65. The summed E-state index contributed by atoms with van der Waals surface area (Å²) in [7, 11) is 1.39. The van der Waals surface area contributed by atoms with E-state index >= 15 is 0 Å². The average Bonchev–Trinajstić information content (AvgIpc) is 2.37. The molecule has 3 N–H and O–H groups in total. The Morgan fingerprint density at radius 3 is 2.74 bits per heavy atom. The molecule has 7 heteroatoms. The van der Waals surface area contributed by atoms with Crippen molar-refractivity contribution in [1.29, 1.82) is 0 Å². The zero-order valence-electron chi connectivity index (χ0n) is 10.9. The van der Waals surface area contributed by atoms with Crippen LogP contribution in [0.25, 0.3) is 0 Å². The number of hydrogen-bond acceptors (Lipinski definition) is 6. The van der Waals surface area contributed by atoms with Gasteiger partial charge in [0.1, 0.15) is 31.0 Å². The van der Waals surface area contributed by atoms with Gasteiger partial charge in [-0.3, -0.25) is 4.79 Å². The van der Waals surface area contributed by atoms with Gasteiger partial charge < -0.3 is 29.7 Å². The van der Waals surface area contributed by atoms with Crippen molar-refractivity contribution in [2.24, 2.45) is 0 Å². The molecule has 1 aliphatic heterocycles. The van der Waals surface area contributed by atoms with Crippen molar-refractivity contribution in [3.8, 4) is 12.3 Å². The van der Waals surface area contributed by atoms with E-state index in [1.165, 1.54) is 14.0 Å². The number of nitrogens with one attached hydrogen (secondary N) is 1. The van der Waals surface area contributed by atoms with Gasteiger partial charge in [0.15, 0.2) is 6.29 Å². The maximum absolute atomic E-state index is 11.2. The molecule has 1 saturated heterocycles. The van der Waals surface area contributed by atoms with Gasteiger partial charge in [-0.1, -0.05) is 5.92 Å². The predicted molar refractivity (Wildman–Crippen MR) is 64.9 cm³/mol. The minimum atomic E-state index is -1.09. The highest BCUT2D eigenvalue weighted by molar-refractivity contribution is 5.73. The molecule has 0 saturated carbocycles. The van der Waals surface area contributed by atoms with Gasteiger partial charge in [-0.05, 0) is 0 Å². The first-order valence-electron chi connectivity index (χ1n) is 5.84. The first-order valence-corrected chi connectivity index (χ1v) is 5.84. The van der Waals surface area contributed by atoms with Crippen LogP contribution >= 0.6 is 0 Å². The standard InChI is InChI=1S/C12H19NO6/c1-4-5-18-12-9(13-7(2)15)11(17-3)10(16)8(6-14)19-12/h1,8-12,14,16H,5-6H2,2-3H3,(H,13,15)/t8-,9-,10+,11-,12+/m0/s1. The summed E-state index contributed by atoms with van der Waals surface area (Å²) in [5, 5.41) is 21.8. The number of aliphatic hydroxyl groups is 2. The Hall–Kier alpha value is -1.17. The monoisotopic (exact) mass is 273 g/mol. The van der Waals surface area contributed by atoms with Gasteiger partial charge in [0, 0.05) is 14.0 Å². The smallest absolute Gasteiger partial charge is 0.217 e. The minimum absolute atomic E-state index is 0.0224. The van der Waals surface area contributed by atoms with Gasteiger partial charge >= 0.3 is 0 Å². The van der Waals surface area contributed by atoms with E-state index in [9.17, 15) is 9.90 Å². The van der Waals surface area contributed by atoms with E-state index in [0.717, 1.165) is 0 Å². The molecule has 5 atom stereocenters. The second kappa shape index (κ2) is 7.43. The van der Waals surface area contributed by atoms with Crippen LogP contribution in [0, 0.1) is 12.3 Å². The van der Waals surface area contributed by atoms with Crippen molar-refractivity contribution < 1.29 is 29.2 Å². The third kappa shape index (κ3) is 3.89. The number of carbonyl (C=O) groups is 1. The molecule has 19 heavy (non-hydrogen) atoms. The highest BCUT2D eigenvalue weighted by atomic mass is 16.7. The third-order valence-corrected chi connectivity index (χ3v) is 2.83. The lowest BCUT2D eigenvalue weighted by molar-refractivity contribution is -0.270. The lowest BCUT2D eigenvalue weighted by Gasteiger charge is -2.43. The van der Waals surface area contributed by atoms with Crippen molar-refractivity contribution in [2.75, 3.05) is 20.3 Å². The number of hydrogen-bond donors (Lipinski definition) is 3. The molecule has 0 bridgehead atoms. The van der Waals surface area contributed by atoms with E-state index < -0.39 is 37.3 Å². The molecule has 0 radical (unpaired) electrons. The summed E-state index contributed by atoms with van der Waals surface area (Å²) in [6, 6.07) is -0.714. The fourth-order valence-electron chi connectivity index (χ4n) is 2.01. The third-order valence-electron chi connectivity index (χ3n) is 2.83. The Morgan fingerprint density at radius 2 is 2.26 bits per heavy atom. The Kier molecular flexibility index (Phi) is 6.21. The number of ether oxygens (including phenoxy) is 3. The topological polar surface area (TPSA) is 97.2 Å². The van der Waals surface area contributed by atoms with Crippen molar-refractivity contribution in [1.82, 2.24) is 5.32 Å². The van der Waals surface area contributed by atoms with E-state index in [2.05, 4.69) is 11.2 Å². The van der Waals surface area contributed by atoms with Crippen LogP contribution in [0.15, 0.2) is 0 Å². The van der Waals surface area contributed by atoms with E-state index in [4.69, 9.17) is 25.7 Å². The number of rotatable bonds is 5. The Labute approximate surface area is 111 Å². The zero-order valence-corrected chi connectivity index (χ0v) is 10.9. The minimum Gasteiger partial charge on any atom is -0.394 e. The molecule has 1 aliphatic rings. The molecule has 1 rings (SSSR count). The summed E-state index contributed by atoms with van der Waals surface area (Å²) in [5.41, 5.74) is 0. The van der Waals surface area contributed by atoms with Gasteiger partial charge in [0.25, 0.3) is 0 Å². The fraction of sp³-hybridized carbons (Fsp3) is 0.750. The predicted octanol–water partition coefficient (Wildman–Crippen LogP) is -1.77. The van der Waals surface area contributed by atoms with Gasteiger partial charge in [-0.15, -0.1) is 6.42 Å². The molecule has 0 aliphatic carbocycles. The molecule has 0 unspecified atom stereocenters. The Bertz CT molecular complexity index is 342. The number of methoxy groups -OCH3 is 1. The molecule has 108 valence electrons. The van der Waals surface area contributed by atoms with Crippen molar-refractivity contribution in [3.63, 3.8) is 0 Å². The molecule has 0 spiro atoms. The van der Waals surface area contributed by atoms with E-state index in [1.54, 1.807) is 0 Å². The average molecular weight is 273 g/mol. The van der Waals surface area contributed by atoms with Crippen LogP contribution in [0.4, 0.5) is 0 Å². The molecule has 1 fully saturated rings. The zero-order chi connectivity index (χ0) is 14.4. The van der Waals surface area contributed by atoms with Crippen LogP contribution < -0.4 is 5.32 Å². The van der Waals surface area contributed by atoms with Crippen LogP contribution in [-0.4, -0.2) is 67.1 Å². The highest BCUT2D eigenvalue weighted by Crippen LogP contribution is 2.24. The second-order valence-electron chi connectivity index (χ2n) is 4.16. The Balaban J connectivity index is 2.88. The number of amides is 1. The summed E-state index contributed by atoms with van der Waals surface area (Å²) in [6.45, 7) is 0.907. The molecule has 7 nitrogen and oxygen atoms in total. The maximum Gasteiger partial charge on any atom is 0.217 e. The molecule has 0 aromatic rings. The number of terminal acetylenes is 1. The first-order chi connectivity index (χ1) is 9.04. The quantitative estimate of drug-likeness (QED) is 0.513. The van der Waals surface area contributed by atoms with E-state index in [-0.39, 0.29) is 12.5 Å². The summed E-state index contributed by atoms with van der Waals surface area (Å²) in [5.74, 6) is 1.97. The van der Waals surface area contributed by atoms with Crippen molar-refractivity contribution in [3.05, 3.63) is 0 Å². The molecule has 1 heterocycles.